The monoisotopic (exact) mass is 251 g/mol. The Morgan fingerprint density at radius 2 is 2.11 bits per heavy atom. The molecule has 2 rings (SSSR count). The second kappa shape index (κ2) is 5.05. The summed E-state index contributed by atoms with van der Waals surface area (Å²) in [5, 5.41) is 0. The molecule has 0 aliphatic carbocycles. The van der Waals surface area contributed by atoms with Crippen LogP contribution in [-0.2, 0) is 9.53 Å². The van der Waals surface area contributed by atoms with Crippen LogP contribution in [0.25, 0.3) is 0 Å². The average Bonchev–Trinajstić information content (AvgIpc) is 2.84. The second-order valence-electron chi connectivity index (χ2n) is 3.82. The van der Waals surface area contributed by atoms with E-state index in [9.17, 15) is 9.59 Å². The third kappa shape index (κ3) is 2.43. The van der Waals surface area contributed by atoms with E-state index < -0.39 is 12.0 Å². The number of fused-ring (bicyclic) bond motifs is 1. The lowest BCUT2D eigenvalue weighted by Gasteiger charge is -2.09. The van der Waals surface area contributed by atoms with Gasteiger partial charge in [-0.15, -0.1) is 0 Å². The molecule has 1 aliphatic heterocycles. The number of esters is 1. The van der Waals surface area contributed by atoms with Crippen LogP contribution in [0, 0.1) is 0 Å². The highest BCUT2D eigenvalue weighted by Gasteiger charge is 2.22. The van der Waals surface area contributed by atoms with E-state index >= 15 is 0 Å². The van der Waals surface area contributed by atoms with E-state index in [0.29, 0.717) is 17.1 Å². The molecular weight excluding hydrogens is 238 g/mol. The lowest BCUT2D eigenvalue weighted by Crippen LogP contribution is -2.33. The van der Waals surface area contributed by atoms with E-state index in [0.717, 1.165) is 0 Å². The zero-order valence-electron chi connectivity index (χ0n) is 9.84. The van der Waals surface area contributed by atoms with Crippen LogP contribution in [-0.4, -0.2) is 31.7 Å². The van der Waals surface area contributed by atoms with Gasteiger partial charge in [0.05, 0.1) is 19.6 Å². The van der Waals surface area contributed by atoms with Crippen molar-refractivity contribution in [2.45, 2.75) is 12.5 Å². The van der Waals surface area contributed by atoms with Crippen molar-refractivity contribution >= 4 is 11.8 Å². The van der Waals surface area contributed by atoms with Crippen LogP contribution in [0.3, 0.4) is 0 Å². The van der Waals surface area contributed by atoms with E-state index in [1.54, 1.807) is 18.2 Å². The first-order chi connectivity index (χ1) is 8.61. The summed E-state index contributed by atoms with van der Waals surface area (Å²) in [4.78, 5) is 23.0. The molecule has 6 heteroatoms. The summed E-state index contributed by atoms with van der Waals surface area (Å²) in [6.45, 7) is 0.140. The number of ketones is 1. The molecule has 1 aromatic carbocycles. The predicted octanol–water partition coefficient (Wildman–Crippen LogP) is 0.488. The summed E-state index contributed by atoms with van der Waals surface area (Å²) in [6.07, 6.45) is -0.149. The molecule has 0 radical (unpaired) electrons. The predicted molar refractivity (Wildman–Crippen MR) is 61.5 cm³/mol. The van der Waals surface area contributed by atoms with Crippen molar-refractivity contribution in [3.63, 3.8) is 0 Å². The highest BCUT2D eigenvalue weighted by Crippen LogP contribution is 2.32. The van der Waals surface area contributed by atoms with Gasteiger partial charge < -0.3 is 19.9 Å². The van der Waals surface area contributed by atoms with Crippen molar-refractivity contribution in [2.75, 3.05) is 13.9 Å². The molecule has 2 N–H and O–H groups in total. The number of methoxy groups -OCH3 is 1. The Kier molecular flexibility index (Phi) is 3.47. The summed E-state index contributed by atoms with van der Waals surface area (Å²) >= 11 is 0. The minimum atomic E-state index is -0.919. The molecule has 18 heavy (non-hydrogen) atoms. The van der Waals surface area contributed by atoms with Gasteiger partial charge in [-0.25, -0.2) is 0 Å². The number of benzene rings is 1. The fourth-order valence-corrected chi connectivity index (χ4v) is 1.62. The fraction of sp³-hybridized carbons (Fsp3) is 0.333. The van der Waals surface area contributed by atoms with E-state index in [4.69, 9.17) is 15.2 Å². The molecule has 0 spiro atoms. The first kappa shape index (κ1) is 12.4. The van der Waals surface area contributed by atoms with Gasteiger partial charge in [0.2, 0.25) is 6.79 Å². The van der Waals surface area contributed by atoms with Crippen molar-refractivity contribution < 1.29 is 23.8 Å². The maximum Gasteiger partial charge on any atom is 0.307 e. The number of ether oxygens (including phenoxy) is 3. The highest BCUT2D eigenvalue weighted by atomic mass is 16.7. The molecule has 1 heterocycles. The van der Waals surface area contributed by atoms with Crippen LogP contribution < -0.4 is 15.2 Å². The van der Waals surface area contributed by atoms with Gasteiger partial charge in [-0.2, -0.15) is 0 Å². The number of hydrogen-bond acceptors (Lipinski definition) is 6. The van der Waals surface area contributed by atoms with Crippen molar-refractivity contribution in [3.8, 4) is 11.5 Å². The Balaban J connectivity index is 2.11. The Bertz CT molecular complexity index is 485. The zero-order valence-corrected chi connectivity index (χ0v) is 9.84. The minimum Gasteiger partial charge on any atom is -0.469 e. The summed E-state index contributed by atoms with van der Waals surface area (Å²) in [6, 6.07) is 3.87. The first-order valence-electron chi connectivity index (χ1n) is 5.38. The number of carbonyl (C=O) groups excluding carboxylic acids is 2. The zero-order chi connectivity index (χ0) is 13.1. The van der Waals surface area contributed by atoms with Gasteiger partial charge in [0.25, 0.3) is 0 Å². The van der Waals surface area contributed by atoms with Gasteiger partial charge in [-0.3, -0.25) is 9.59 Å². The maximum absolute atomic E-state index is 12.0. The van der Waals surface area contributed by atoms with Gasteiger partial charge in [-0.1, -0.05) is 0 Å². The van der Waals surface area contributed by atoms with Crippen LogP contribution in [0.5, 0.6) is 11.5 Å². The number of nitrogens with two attached hydrogens (primary N) is 1. The molecule has 0 saturated carbocycles. The summed E-state index contributed by atoms with van der Waals surface area (Å²) in [7, 11) is 1.25. The Morgan fingerprint density at radius 1 is 1.39 bits per heavy atom. The Morgan fingerprint density at radius 3 is 2.83 bits per heavy atom. The molecule has 0 saturated heterocycles. The largest absolute Gasteiger partial charge is 0.469 e. The number of Topliss-reactive ketones (excluding diaryl/α,β-unsaturated/α-hetero) is 1. The van der Waals surface area contributed by atoms with Crippen molar-refractivity contribution in [2.24, 2.45) is 5.73 Å². The molecule has 0 aromatic heterocycles. The van der Waals surface area contributed by atoms with Crippen molar-refractivity contribution in [3.05, 3.63) is 23.8 Å². The number of hydrogen-bond donors (Lipinski definition) is 1. The molecule has 0 fully saturated rings. The molecule has 96 valence electrons. The van der Waals surface area contributed by atoms with E-state index in [1.165, 1.54) is 7.11 Å². The fourth-order valence-electron chi connectivity index (χ4n) is 1.62. The van der Waals surface area contributed by atoms with E-state index in [2.05, 4.69) is 4.74 Å². The Hall–Kier alpha value is -2.08. The molecule has 1 aliphatic rings. The molecule has 0 amide bonds. The third-order valence-corrected chi connectivity index (χ3v) is 2.61. The minimum absolute atomic E-state index is 0.140. The molecule has 6 nitrogen and oxygen atoms in total. The topological polar surface area (TPSA) is 87.9 Å². The van der Waals surface area contributed by atoms with E-state index in [-0.39, 0.29) is 19.0 Å². The maximum atomic E-state index is 12.0. The first-order valence-corrected chi connectivity index (χ1v) is 5.38. The summed E-state index contributed by atoms with van der Waals surface area (Å²) < 4.78 is 14.8. The molecule has 0 bridgehead atoms. The quantitative estimate of drug-likeness (QED) is 0.619. The van der Waals surface area contributed by atoms with Crippen molar-refractivity contribution in [1.29, 1.82) is 0 Å². The molecule has 1 unspecified atom stereocenters. The summed E-state index contributed by atoms with van der Waals surface area (Å²) in [5.74, 6) is 0.245. The van der Waals surface area contributed by atoms with Gasteiger partial charge in [-0.05, 0) is 18.2 Å². The normalized spacial score (nSPS) is 14.1. The Labute approximate surface area is 104 Å². The lowest BCUT2D eigenvalue weighted by molar-refractivity contribution is -0.140. The third-order valence-electron chi connectivity index (χ3n) is 2.61. The number of rotatable bonds is 4. The van der Waals surface area contributed by atoms with Crippen LogP contribution >= 0.6 is 0 Å². The van der Waals surface area contributed by atoms with Gasteiger partial charge >= 0.3 is 5.97 Å². The smallest absolute Gasteiger partial charge is 0.307 e. The summed E-state index contributed by atoms with van der Waals surface area (Å²) in [5.41, 5.74) is 6.03. The SMILES string of the molecule is COC(=O)CC(N)C(=O)c1ccc2c(c1)OCO2. The van der Waals surface area contributed by atoms with Gasteiger partial charge in [0, 0.05) is 5.56 Å². The van der Waals surface area contributed by atoms with Gasteiger partial charge in [0.15, 0.2) is 17.3 Å². The molecular formula is C12H13NO5. The highest BCUT2D eigenvalue weighted by molar-refractivity contribution is 6.02. The van der Waals surface area contributed by atoms with Crippen LogP contribution in [0.4, 0.5) is 0 Å². The van der Waals surface area contributed by atoms with Crippen LogP contribution in [0.1, 0.15) is 16.8 Å². The van der Waals surface area contributed by atoms with Gasteiger partial charge in [0.1, 0.15) is 0 Å². The standard InChI is InChI=1S/C12H13NO5/c1-16-11(14)5-8(13)12(15)7-2-3-9-10(4-7)18-6-17-9/h2-4,8H,5-6,13H2,1H3. The van der Waals surface area contributed by atoms with Crippen LogP contribution in [0.15, 0.2) is 18.2 Å². The average molecular weight is 251 g/mol. The number of carbonyl (C=O) groups is 2. The van der Waals surface area contributed by atoms with E-state index in [1.807, 2.05) is 0 Å². The lowest BCUT2D eigenvalue weighted by atomic mass is 10.0. The molecule has 1 atom stereocenters. The van der Waals surface area contributed by atoms with Crippen molar-refractivity contribution in [1.82, 2.24) is 0 Å². The van der Waals surface area contributed by atoms with Crippen LogP contribution in [0.2, 0.25) is 0 Å². The molecule has 1 aromatic rings. The second-order valence-corrected chi connectivity index (χ2v) is 3.82.